The highest BCUT2D eigenvalue weighted by molar-refractivity contribution is 5.40. The minimum Gasteiger partial charge on any atom is -0.508 e. The van der Waals surface area contributed by atoms with Crippen LogP contribution >= 0.6 is 0 Å². The summed E-state index contributed by atoms with van der Waals surface area (Å²) in [6, 6.07) is 5.96. The lowest BCUT2D eigenvalue weighted by molar-refractivity contribution is -0.0226. The first-order valence-electron chi connectivity index (χ1n) is 8.09. The maximum Gasteiger partial charge on any atom is 0.115 e. The quantitative estimate of drug-likeness (QED) is 0.757. The molecule has 0 heterocycles. The molecule has 0 radical (unpaired) electrons. The lowest BCUT2D eigenvalue weighted by Gasteiger charge is -2.50. The first-order chi connectivity index (χ1) is 9.59. The molecule has 0 aromatic heterocycles. The maximum absolute atomic E-state index is 10.4. The van der Waals surface area contributed by atoms with Gasteiger partial charge in [0.15, 0.2) is 0 Å². The summed E-state index contributed by atoms with van der Waals surface area (Å²) in [5, 5.41) is 20.0. The Hall–Kier alpha value is -1.02. The number of rotatable bonds is 0. The van der Waals surface area contributed by atoms with Gasteiger partial charge in [-0.05, 0) is 85.0 Å². The molecule has 5 atom stereocenters. The zero-order chi connectivity index (χ0) is 13.9. The summed E-state index contributed by atoms with van der Waals surface area (Å²) in [5.41, 5.74) is 2.99. The van der Waals surface area contributed by atoms with Gasteiger partial charge in [-0.25, -0.2) is 0 Å². The van der Waals surface area contributed by atoms with E-state index in [1.807, 2.05) is 12.1 Å². The van der Waals surface area contributed by atoms with Gasteiger partial charge in [-0.2, -0.15) is 0 Å². The number of aromatic hydroxyl groups is 1. The second-order valence-electron chi connectivity index (χ2n) is 7.44. The third-order valence-corrected chi connectivity index (χ3v) is 6.66. The van der Waals surface area contributed by atoms with E-state index in [-0.39, 0.29) is 11.5 Å². The smallest absolute Gasteiger partial charge is 0.115 e. The van der Waals surface area contributed by atoms with Crippen LogP contribution in [0, 0.1) is 17.3 Å². The van der Waals surface area contributed by atoms with E-state index >= 15 is 0 Å². The van der Waals surface area contributed by atoms with Crippen LogP contribution < -0.4 is 0 Å². The standard InChI is InChI=1S/C18H24O2/c1-18-9-8-14-13-5-3-12(19)10-11(13)2-4-15(14)16(18)6-7-17(18)20/h3,5,10,14-17,19-20H,2,4,6-9H2,1H3/t14-,15?,16+,17+,18+/m1/s1. The topological polar surface area (TPSA) is 40.5 Å². The first-order valence-corrected chi connectivity index (χ1v) is 8.09. The minimum atomic E-state index is -0.0883. The second-order valence-corrected chi connectivity index (χ2v) is 7.44. The Bertz CT molecular complexity index is 538. The van der Waals surface area contributed by atoms with Gasteiger partial charge in [0.05, 0.1) is 6.10 Å². The summed E-state index contributed by atoms with van der Waals surface area (Å²) in [6.07, 6.45) is 6.78. The van der Waals surface area contributed by atoms with Crippen molar-refractivity contribution < 1.29 is 10.2 Å². The predicted octanol–water partition coefficient (Wildman–Crippen LogP) is 3.61. The largest absolute Gasteiger partial charge is 0.508 e. The monoisotopic (exact) mass is 272 g/mol. The Balaban J connectivity index is 1.71. The lowest BCUT2D eigenvalue weighted by atomic mass is 9.55. The summed E-state index contributed by atoms with van der Waals surface area (Å²) < 4.78 is 0. The molecule has 4 rings (SSSR count). The normalized spacial score (nSPS) is 42.7. The highest BCUT2D eigenvalue weighted by atomic mass is 16.3. The second kappa shape index (κ2) is 4.24. The third kappa shape index (κ3) is 1.60. The van der Waals surface area contributed by atoms with Crippen LogP contribution in [-0.2, 0) is 6.42 Å². The number of phenolic OH excluding ortho intramolecular Hbond substituents is 1. The van der Waals surface area contributed by atoms with E-state index in [2.05, 4.69) is 13.0 Å². The fraction of sp³-hybridized carbons (Fsp3) is 0.667. The molecule has 0 spiro atoms. The molecule has 2 nitrogen and oxygen atoms in total. The van der Waals surface area contributed by atoms with Crippen molar-refractivity contribution in [3.63, 3.8) is 0 Å². The molecule has 20 heavy (non-hydrogen) atoms. The number of phenols is 1. The van der Waals surface area contributed by atoms with Gasteiger partial charge in [0.25, 0.3) is 0 Å². The molecular weight excluding hydrogens is 248 g/mol. The molecule has 1 aromatic carbocycles. The van der Waals surface area contributed by atoms with E-state index in [4.69, 9.17) is 0 Å². The van der Waals surface area contributed by atoms with Crippen molar-refractivity contribution in [1.82, 2.24) is 0 Å². The Morgan fingerprint density at radius 2 is 2.00 bits per heavy atom. The average molecular weight is 272 g/mol. The zero-order valence-electron chi connectivity index (χ0n) is 12.2. The van der Waals surface area contributed by atoms with Crippen molar-refractivity contribution in [2.75, 3.05) is 0 Å². The van der Waals surface area contributed by atoms with Crippen molar-refractivity contribution in [3.05, 3.63) is 29.3 Å². The number of hydrogen-bond donors (Lipinski definition) is 2. The first kappa shape index (κ1) is 12.7. The molecular formula is C18H24O2. The van der Waals surface area contributed by atoms with Crippen LogP contribution in [0.25, 0.3) is 0 Å². The lowest BCUT2D eigenvalue weighted by Crippen LogP contribution is -2.43. The molecule has 2 fully saturated rings. The molecule has 2 N–H and O–H groups in total. The SMILES string of the molecule is C[C@]12CC[C@@H]3c4ccc(O)cc4CCC3[C@@H]1CC[C@@H]2O. The summed E-state index contributed by atoms with van der Waals surface area (Å²) in [6.45, 7) is 2.32. The van der Waals surface area contributed by atoms with Crippen LogP contribution in [0.5, 0.6) is 5.75 Å². The molecule has 0 bridgehead atoms. The number of benzene rings is 1. The Morgan fingerprint density at radius 1 is 1.15 bits per heavy atom. The van der Waals surface area contributed by atoms with Crippen molar-refractivity contribution in [2.45, 2.75) is 57.5 Å². The van der Waals surface area contributed by atoms with Crippen molar-refractivity contribution in [1.29, 1.82) is 0 Å². The van der Waals surface area contributed by atoms with Gasteiger partial charge in [-0.15, -0.1) is 0 Å². The van der Waals surface area contributed by atoms with E-state index < -0.39 is 0 Å². The van der Waals surface area contributed by atoms with Crippen LogP contribution in [-0.4, -0.2) is 16.3 Å². The molecule has 2 heteroatoms. The Labute approximate surface area is 120 Å². The van der Waals surface area contributed by atoms with E-state index in [1.54, 1.807) is 0 Å². The molecule has 2 saturated carbocycles. The average Bonchev–Trinajstić information content (AvgIpc) is 2.74. The molecule has 0 saturated heterocycles. The van der Waals surface area contributed by atoms with Gasteiger partial charge < -0.3 is 10.2 Å². The highest BCUT2D eigenvalue weighted by Gasteiger charge is 2.54. The van der Waals surface area contributed by atoms with Crippen LogP contribution in [0.4, 0.5) is 0 Å². The molecule has 0 amide bonds. The third-order valence-electron chi connectivity index (χ3n) is 6.66. The van der Waals surface area contributed by atoms with Gasteiger partial charge in [0.2, 0.25) is 0 Å². The van der Waals surface area contributed by atoms with E-state index in [1.165, 1.54) is 30.4 Å². The molecule has 108 valence electrons. The summed E-state index contributed by atoms with van der Waals surface area (Å²) >= 11 is 0. The number of aryl methyl sites for hydroxylation is 1. The fourth-order valence-corrected chi connectivity index (χ4v) is 5.54. The predicted molar refractivity (Wildman–Crippen MR) is 78.7 cm³/mol. The number of hydrogen-bond acceptors (Lipinski definition) is 2. The van der Waals surface area contributed by atoms with E-state index in [0.29, 0.717) is 17.6 Å². The fourth-order valence-electron chi connectivity index (χ4n) is 5.54. The van der Waals surface area contributed by atoms with Crippen molar-refractivity contribution in [2.24, 2.45) is 17.3 Å². The zero-order valence-corrected chi connectivity index (χ0v) is 12.2. The summed E-state index contributed by atoms with van der Waals surface area (Å²) in [7, 11) is 0. The van der Waals surface area contributed by atoms with Crippen molar-refractivity contribution >= 4 is 0 Å². The van der Waals surface area contributed by atoms with Gasteiger partial charge in [-0.3, -0.25) is 0 Å². The molecule has 1 aromatic rings. The van der Waals surface area contributed by atoms with Crippen LogP contribution in [0.2, 0.25) is 0 Å². The van der Waals surface area contributed by atoms with E-state index in [0.717, 1.165) is 25.2 Å². The molecule has 3 aliphatic carbocycles. The number of fused-ring (bicyclic) bond motifs is 5. The maximum atomic E-state index is 10.4. The van der Waals surface area contributed by atoms with Gasteiger partial charge >= 0.3 is 0 Å². The summed E-state index contributed by atoms with van der Waals surface area (Å²) in [4.78, 5) is 0. The Kier molecular flexibility index (Phi) is 2.69. The van der Waals surface area contributed by atoms with Gasteiger partial charge in [0, 0.05) is 0 Å². The number of aliphatic hydroxyl groups excluding tert-OH is 1. The van der Waals surface area contributed by atoms with Gasteiger partial charge in [0.1, 0.15) is 5.75 Å². The summed E-state index contributed by atoms with van der Waals surface area (Å²) in [5.74, 6) is 2.49. The molecule has 0 aliphatic heterocycles. The highest BCUT2D eigenvalue weighted by Crippen LogP contribution is 2.60. The molecule has 3 aliphatic rings. The Morgan fingerprint density at radius 3 is 2.85 bits per heavy atom. The van der Waals surface area contributed by atoms with Crippen LogP contribution in [0.15, 0.2) is 18.2 Å². The van der Waals surface area contributed by atoms with Crippen molar-refractivity contribution in [3.8, 4) is 5.75 Å². The van der Waals surface area contributed by atoms with Crippen LogP contribution in [0.3, 0.4) is 0 Å². The minimum absolute atomic E-state index is 0.0883. The van der Waals surface area contributed by atoms with E-state index in [9.17, 15) is 10.2 Å². The molecule has 1 unspecified atom stereocenters. The number of aliphatic hydroxyl groups is 1. The van der Waals surface area contributed by atoms with Crippen LogP contribution in [0.1, 0.15) is 56.1 Å². The van der Waals surface area contributed by atoms with Gasteiger partial charge in [-0.1, -0.05) is 13.0 Å².